The van der Waals surface area contributed by atoms with E-state index in [4.69, 9.17) is 16.3 Å². The van der Waals surface area contributed by atoms with Crippen LogP contribution >= 0.6 is 23.4 Å². The van der Waals surface area contributed by atoms with Crippen molar-refractivity contribution in [1.82, 2.24) is 20.1 Å². The van der Waals surface area contributed by atoms with Gasteiger partial charge in [-0.3, -0.25) is 9.36 Å². The fourth-order valence-electron chi connectivity index (χ4n) is 3.21. The highest BCUT2D eigenvalue weighted by atomic mass is 35.5. The molecule has 9 heteroatoms. The van der Waals surface area contributed by atoms with Crippen molar-refractivity contribution in [2.45, 2.75) is 18.2 Å². The van der Waals surface area contributed by atoms with Gasteiger partial charge < -0.3 is 10.1 Å². The molecule has 6 nitrogen and oxygen atoms in total. The maximum atomic E-state index is 13.9. The number of nitrogens with zero attached hydrogens (tertiary/aromatic N) is 3. The van der Waals surface area contributed by atoms with E-state index >= 15 is 0 Å². The Morgan fingerprint density at radius 1 is 1.00 bits per heavy atom. The molecule has 0 aliphatic rings. The Hall–Kier alpha value is -3.36. The van der Waals surface area contributed by atoms with Crippen LogP contribution in [0.3, 0.4) is 0 Å². The Morgan fingerprint density at radius 3 is 2.50 bits per heavy atom. The molecule has 4 aromatic rings. The topological polar surface area (TPSA) is 69.0 Å². The number of para-hydroxylation sites is 2. The maximum absolute atomic E-state index is 13.9. The summed E-state index contributed by atoms with van der Waals surface area (Å²) in [7, 11) is 0. The normalized spacial score (nSPS) is 10.8. The van der Waals surface area contributed by atoms with Gasteiger partial charge in [0, 0.05) is 17.3 Å². The van der Waals surface area contributed by atoms with E-state index in [-0.39, 0.29) is 24.0 Å². The number of rotatable bonds is 10. The molecule has 0 saturated carbocycles. The molecule has 0 atom stereocenters. The molecule has 0 radical (unpaired) electrons. The van der Waals surface area contributed by atoms with Crippen LogP contribution in [0.25, 0.3) is 5.69 Å². The number of halogens is 2. The fraction of sp³-hybridized carbons (Fsp3) is 0.160. The van der Waals surface area contributed by atoms with Crippen molar-refractivity contribution in [1.29, 1.82) is 0 Å². The molecule has 4 rings (SSSR count). The van der Waals surface area contributed by atoms with Gasteiger partial charge in [0.15, 0.2) is 22.5 Å². The summed E-state index contributed by atoms with van der Waals surface area (Å²) in [5.74, 6) is 0.267. The summed E-state index contributed by atoms with van der Waals surface area (Å²) < 4.78 is 21.4. The lowest BCUT2D eigenvalue weighted by atomic mass is 10.1. The van der Waals surface area contributed by atoms with Crippen molar-refractivity contribution in [2.24, 2.45) is 0 Å². The van der Waals surface area contributed by atoms with Gasteiger partial charge in [0.25, 0.3) is 0 Å². The first-order valence-electron chi connectivity index (χ1n) is 10.6. The first-order chi connectivity index (χ1) is 16.6. The van der Waals surface area contributed by atoms with Crippen molar-refractivity contribution in [3.05, 3.63) is 101 Å². The molecule has 174 valence electrons. The molecule has 1 aromatic heterocycles. The van der Waals surface area contributed by atoms with Crippen LogP contribution in [-0.2, 0) is 17.8 Å². The molecule has 0 bridgehead atoms. The van der Waals surface area contributed by atoms with Gasteiger partial charge in [0.05, 0.1) is 5.75 Å². The number of hydrogen-bond donors (Lipinski definition) is 1. The van der Waals surface area contributed by atoms with E-state index in [1.807, 2.05) is 59.2 Å². The van der Waals surface area contributed by atoms with Gasteiger partial charge >= 0.3 is 0 Å². The van der Waals surface area contributed by atoms with E-state index in [1.54, 1.807) is 18.2 Å². The Kier molecular flexibility index (Phi) is 8.17. The van der Waals surface area contributed by atoms with Crippen LogP contribution in [0.4, 0.5) is 4.39 Å². The second-order valence-corrected chi connectivity index (χ2v) is 8.68. The van der Waals surface area contributed by atoms with Crippen molar-refractivity contribution in [2.75, 3.05) is 12.3 Å². The highest BCUT2D eigenvalue weighted by Crippen LogP contribution is 2.24. The molecule has 1 amide bonds. The van der Waals surface area contributed by atoms with Crippen molar-refractivity contribution < 1.29 is 13.9 Å². The summed E-state index contributed by atoms with van der Waals surface area (Å²) in [6.07, 6.45) is 0.714. The number of hydrogen-bond acceptors (Lipinski definition) is 5. The molecule has 0 aliphatic heterocycles. The van der Waals surface area contributed by atoms with Crippen LogP contribution in [0.2, 0.25) is 5.02 Å². The summed E-state index contributed by atoms with van der Waals surface area (Å²) in [4.78, 5) is 12.4. The van der Waals surface area contributed by atoms with Crippen molar-refractivity contribution in [3.63, 3.8) is 0 Å². The zero-order valence-electron chi connectivity index (χ0n) is 18.2. The lowest BCUT2D eigenvalue weighted by Crippen LogP contribution is -2.27. The number of aromatic nitrogens is 3. The predicted octanol–water partition coefficient (Wildman–Crippen LogP) is 5.09. The summed E-state index contributed by atoms with van der Waals surface area (Å²) in [5.41, 5.74) is 1.92. The molecule has 3 aromatic carbocycles. The molecular formula is C25H22ClFN4O2S. The molecule has 1 N–H and O–H groups in total. The fourth-order valence-corrected chi connectivity index (χ4v) is 4.13. The number of ether oxygens (including phenoxy) is 1. The molecule has 0 spiro atoms. The second kappa shape index (κ2) is 11.7. The minimum absolute atomic E-state index is 0.0245. The van der Waals surface area contributed by atoms with Crippen LogP contribution in [0, 0.1) is 5.82 Å². The average molecular weight is 497 g/mol. The van der Waals surface area contributed by atoms with E-state index in [9.17, 15) is 9.18 Å². The number of nitrogens with one attached hydrogen (secondary N) is 1. The molecule has 0 fully saturated rings. The number of thioether (sulfide) groups is 1. The first-order valence-corrected chi connectivity index (χ1v) is 12.0. The minimum Gasteiger partial charge on any atom is -0.483 e. The predicted molar refractivity (Wildman–Crippen MR) is 131 cm³/mol. The smallest absolute Gasteiger partial charge is 0.230 e. The lowest BCUT2D eigenvalue weighted by Gasteiger charge is -2.11. The lowest BCUT2D eigenvalue weighted by molar-refractivity contribution is -0.118. The maximum Gasteiger partial charge on any atom is 0.230 e. The van der Waals surface area contributed by atoms with Crippen molar-refractivity contribution >= 4 is 29.3 Å². The zero-order chi connectivity index (χ0) is 23.8. The summed E-state index contributed by atoms with van der Waals surface area (Å²) in [5, 5.41) is 12.6. The molecule has 34 heavy (non-hydrogen) atoms. The number of carbonyl (C=O) groups excluding carboxylic acids is 1. The monoisotopic (exact) mass is 496 g/mol. The highest BCUT2D eigenvalue weighted by Gasteiger charge is 2.17. The minimum atomic E-state index is -0.446. The van der Waals surface area contributed by atoms with Gasteiger partial charge in [-0.1, -0.05) is 65.8 Å². The largest absolute Gasteiger partial charge is 0.483 e. The second-order valence-electron chi connectivity index (χ2n) is 7.30. The third-order valence-corrected chi connectivity index (χ3v) is 6.07. The van der Waals surface area contributed by atoms with Gasteiger partial charge in [-0.05, 0) is 48.4 Å². The molecule has 0 unspecified atom stereocenters. The summed E-state index contributed by atoms with van der Waals surface area (Å²) >= 11 is 7.18. The summed E-state index contributed by atoms with van der Waals surface area (Å²) in [6, 6.07) is 23.3. The summed E-state index contributed by atoms with van der Waals surface area (Å²) in [6.45, 7) is 0.546. The average Bonchev–Trinajstić information content (AvgIpc) is 3.27. The highest BCUT2D eigenvalue weighted by molar-refractivity contribution is 7.99. The first kappa shape index (κ1) is 23.8. The van der Waals surface area contributed by atoms with Gasteiger partial charge in [0.2, 0.25) is 5.91 Å². The van der Waals surface area contributed by atoms with Crippen molar-refractivity contribution in [3.8, 4) is 11.4 Å². The SMILES string of the molecule is O=C(CSc1nnc(COc2ccccc2F)n1-c1ccccc1)NCCc1ccc(Cl)cc1. The number of benzene rings is 3. The van der Waals surface area contributed by atoms with Crippen LogP contribution in [-0.4, -0.2) is 33.0 Å². The molecule has 0 aliphatic carbocycles. The van der Waals surface area contributed by atoms with Gasteiger partial charge in [0.1, 0.15) is 6.61 Å². The van der Waals surface area contributed by atoms with Gasteiger partial charge in [-0.25, -0.2) is 4.39 Å². The van der Waals surface area contributed by atoms with Crippen LogP contribution in [0.5, 0.6) is 5.75 Å². The van der Waals surface area contributed by atoms with E-state index < -0.39 is 5.82 Å². The van der Waals surface area contributed by atoms with E-state index in [0.717, 1.165) is 11.3 Å². The number of carbonyl (C=O) groups is 1. The molecule has 0 saturated heterocycles. The van der Waals surface area contributed by atoms with Crippen LogP contribution in [0.1, 0.15) is 11.4 Å². The van der Waals surface area contributed by atoms with E-state index in [2.05, 4.69) is 15.5 Å². The Balaban J connectivity index is 1.39. The Bertz CT molecular complexity index is 1240. The third kappa shape index (κ3) is 6.36. The third-order valence-electron chi connectivity index (χ3n) is 4.89. The van der Waals surface area contributed by atoms with Gasteiger partial charge in [-0.15, -0.1) is 10.2 Å². The van der Waals surface area contributed by atoms with E-state index in [1.165, 1.54) is 17.8 Å². The van der Waals surface area contributed by atoms with E-state index in [0.29, 0.717) is 29.0 Å². The molecule has 1 heterocycles. The standard InChI is InChI=1S/C25H22ClFN4O2S/c26-19-12-10-18(11-13-19)14-15-28-24(32)17-34-25-30-29-23(31(25)20-6-2-1-3-7-20)16-33-22-9-5-4-8-21(22)27/h1-13H,14-17H2,(H,28,32). The Morgan fingerprint density at radius 2 is 1.74 bits per heavy atom. The van der Waals surface area contributed by atoms with Gasteiger partial charge in [-0.2, -0.15) is 0 Å². The number of amides is 1. The zero-order valence-corrected chi connectivity index (χ0v) is 19.7. The van der Waals surface area contributed by atoms with Crippen LogP contribution in [0.15, 0.2) is 84.0 Å². The van der Waals surface area contributed by atoms with Crippen LogP contribution < -0.4 is 10.1 Å². The quantitative estimate of drug-likeness (QED) is 0.310. The molecular weight excluding hydrogens is 475 g/mol. The Labute approximate surface area is 206 Å².